The van der Waals surface area contributed by atoms with Gasteiger partial charge in [-0.05, 0) is 62.2 Å². The van der Waals surface area contributed by atoms with Crippen LogP contribution in [0.1, 0.15) is 61.9 Å². The molecule has 1 saturated carbocycles. The Morgan fingerprint density at radius 2 is 1.70 bits per heavy atom. The number of amides is 5. The fourth-order valence-corrected chi connectivity index (χ4v) is 5.44. The summed E-state index contributed by atoms with van der Waals surface area (Å²) in [6.45, 7) is 3.90. The summed E-state index contributed by atoms with van der Waals surface area (Å²) in [5, 5.41) is 18.1. The number of aliphatic hydroxyl groups is 1. The van der Waals surface area contributed by atoms with Crippen LogP contribution in [-0.4, -0.2) is 77.8 Å². The van der Waals surface area contributed by atoms with E-state index in [9.17, 15) is 32.7 Å². The van der Waals surface area contributed by atoms with E-state index in [2.05, 4.69) is 16.0 Å². The van der Waals surface area contributed by atoms with Gasteiger partial charge < -0.3 is 35.6 Å². The van der Waals surface area contributed by atoms with Gasteiger partial charge in [-0.3, -0.25) is 4.79 Å². The van der Waals surface area contributed by atoms with Gasteiger partial charge >= 0.3 is 18.2 Å². The van der Waals surface area contributed by atoms with Crippen LogP contribution >= 0.6 is 0 Å². The molecule has 0 unspecified atom stereocenters. The molecule has 44 heavy (non-hydrogen) atoms. The van der Waals surface area contributed by atoms with Crippen LogP contribution in [0.15, 0.2) is 42.5 Å². The fourth-order valence-electron chi connectivity index (χ4n) is 5.44. The zero-order chi connectivity index (χ0) is 32.0. The van der Waals surface area contributed by atoms with Gasteiger partial charge in [0, 0.05) is 36.9 Å². The highest BCUT2D eigenvalue weighted by Crippen LogP contribution is 2.32. The predicted molar refractivity (Wildman–Crippen MR) is 160 cm³/mol. The number of urea groups is 2. The number of carbonyl (C=O) groups excluding carboxylic acids is 3. The lowest BCUT2D eigenvalue weighted by Crippen LogP contribution is -2.52. The maximum atomic E-state index is 13.7. The van der Waals surface area contributed by atoms with Crippen LogP contribution in [0.2, 0.25) is 0 Å². The van der Waals surface area contributed by atoms with Gasteiger partial charge in [0.2, 0.25) is 0 Å². The van der Waals surface area contributed by atoms with Crippen molar-refractivity contribution in [2.24, 2.45) is 5.92 Å². The normalized spacial score (nSPS) is 20.0. The molecule has 4 N–H and O–H groups in total. The number of alkyl halides is 3. The number of likely N-dealkylation sites (N-methyl/N-ethyl adjacent to an activating group) is 1. The van der Waals surface area contributed by atoms with E-state index in [4.69, 9.17) is 4.74 Å². The summed E-state index contributed by atoms with van der Waals surface area (Å²) in [5.41, 5.74) is -0.286. The standard InChI is InChI=1S/C31H40F3N5O5/c1-19-16-39(20(2)18-40)28(41)25-15-24(36-29(42)35-23-11-9-21(10-12-23)31(32,33)34)13-14-26(25)44-27(19)17-38(3)30(43)37-22-7-5-4-6-8-22/h9-15,19-20,22,27,40H,4-8,16-18H2,1-3H3,(H,37,43)(H2,35,36,42)/t19-,20+,27+/m0/s1. The highest BCUT2D eigenvalue weighted by molar-refractivity contribution is 6.02. The van der Waals surface area contributed by atoms with Crippen LogP contribution in [0.5, 0.6) is 5.75 Å². The molecule has 0 bridgehead atoms. The molecule has 0 spiro atoms. The third kappa shape index (κ3) is 8.34. The summed E-state index contributed by atoms with van der Waals surface area (Å²) < 4.78 is 44.9. The number of rotatable bonds is 7. The topological polar surface area (TPSA) is 123 Å². The minimum absolute atomic E-state index is 0.149. The summed E-state index contributed by atoms with van der Waals surface area (Å²) in [6.07, 6.45) is 0.293. The van der Waals surface area contributed by atoms with Crippen LogP contribution in [0.4, 0.5) is 34.1 Å². The van der Waals surface area contributed by atoms with Crippen molar-refractivity contribution in [2.45, 2.75) is 70.3 Å². The highest BCUT2D eigenvalue weighted by Gasteiger charge is 2.34. The van der Waals surface area contributed by atoms with Gasteiger partial charge in [0.25, 0.3) is 5.91 Å². The van der Waals surface area contributed by atoms with E-state index in [1.165, 1.54) is 12.5 Å². The Labute approximate surface area is 254 Å². The molecule has 1 aliphatic heterocycles. The maximum absolute atomic E-state index is 13.7. The van der Waals surface area contributed by atoms with E-state index in [1.54, 1.807) is 35.9 Å². The molecule has 10 nitrogen and oxygen atoms in total. The number of hydrogen-bond acceptors (Lipinski definition) is 5. The highest BCUT2D eigenvalue weighted by atomic mass is 19.4. The first-order valence-corrected chi connectivity index (χ1v) is 14.8. The SMILES string of the molecule is C[C@H](CO)N1C[C@H](C)[C@@H](CN(C)C(=O)NC2CCCCC2)Oc2ccc(NC(=O)Nc3ccc(C(F)(F)F)cc3)cc2C1=O. The number of fused-ring (bicyclic) bond motifs is 1. The number of nitrogens with one attached hydrogen (secondary N) is 3. The van der Waals surface area contributed by atoms with Crippen molar-refractivity contribution in [1.29, 1.82) is 0 Å². The summed E-state index contributed by atoms with van der Waals surface area (Å²) in [7, 11) is 1.70. The molecule has 1 aliphatic carbocycles. The predicted octanol–water partition coefficient (Wildman–Crippen LogP) is 5.54. The Balaban J connectivity index is 1.51. The van der Waals surface area contributed by atoms with Crippen molar-refractivity contribution < 1.29 is 37.4 Å². The largest absolute Gasteiger partial charge is 0.487 e. The second kappa shape index (κ2) is 14.2. The Morgan fingerprint density at radius 1 is 1.07 bits per heavy atom. The lowest BCUT2D eigenvalue weighted by atomic mass is 9.96. The van der Waals surface area contributed by atoms with Crippen LogP contribution < -0.4 is 20.7 Å². The Kier molecular flexibility index (Phi) is 10.6. The molecule has 13 heteroatoms. The molecule has 0 saturated heterocycles. The average molecular weight is 620 g/mol. The number of aliphatic hydroxyl groups excluding tert-OH is 1. The van der Waals surface area contributed by atoms with Crippen LogP contribution in [0, 0.1) is 5.92 Å². The van der Waals surface area contributed by atoms with Crippen molar-refractivity contribution in [2.75, 3.05) is 37.4 Å². The van der Waals surface area contributed by atoms with E-state index in [1.807, 2.05) is 6.92 Å². The molecule has 5 amide bonds. The third-order valence-corrected chi connectivity index (χ3v) is 8.13. The Hall–Kier alpha value is -4.00. The van der Waals surface area contributed by atoms with E-state index in [0.717, 1.165) is 49.9 Å². The molecule has 1 heterocycles. The molecule has 2 aromatic carbocycles. The van der Waals surface area contributed by atoms with Gasteiger partial charge in [-0.15, -0.1) is 0 Å². The summed E-state index contributed by atoms with van der Waals surface area (Å²) in [6, 6.07) is 7.28. The summed E-state index contributed by atoms with van der Waals surface area (Å²) in [5.74, 6) is -0.336. The van der Waals surface area contributed by atoms with E-state index >= 15 is 0 Å². The number of ether oxygens (including phenoxy) is 1. The lowest BCUT2D eigenvalue weighted by Gasteiger charge is -2.38. The average Bonchev–Trinajstić information content (AvgIpc) is 2.99. The fraction of sp³-hybridized carbons (Fsp3) is 0.516. The minimum atomic E-state index is -4.49. The van der Waals surface area contributed by atoms with Gasteiger partial charge in [0.05, 0.1) is 30.3 Å². The summed E-state index contributed by atoms with van der Waals surface area (Å²) >= 11 is 0. The van der Waals surface area contributed by atoms with E-state index in [-0.39, 0.29) is 60.4 Å². The maximum Gasteiger partial charge on any atom is 0.416 e. The smallest absolute Gasteiger partial charge is 0.416 e. The second-order valence-corrected chi connectivity index (χ2v) is 11.7. The summed E-state index contributed by atoms with van der Waals surface area (Å²) in [4.78, 5) is 42.4. The monoisotopic (exact) mass is 619 g/mol. The van der Waals surface area contributed by atoms with Gasteiger partial charge in [-0.25, -0.2) is 9.59 Å². The number of nitrogens with zero attached hydrogens (tertiary/aromatic N) is 2. The number of anilines is 2. The first-order chi connectivity index (χ1) is 20.8. The number of benzene rings is 2. The number of carbonyl (C=O) groups is 3. The molecular weight excluding hydrogens is 579 g/mol. The molecule has 0 radical (unpaired) electrons. The molecule has 1 fully saturated rings. The molecule has 240 valence electrons. The van der Waals surface area contributed by atoms with E-state index < -0.39 is 35.8 Å². The minimum Gasteiger partial charge on any atom is -0.487 e. The van der Waals surface area contributed by atoms with Crippen molar-refractivity contribution in [3.05, 3.63) is 53.6 Å². The second-order valence-electron chi connectivity index (χ2n) is 11.7. The van der Waals surface area contributed by atoms with Gasteiger partial charge in [-0.2, -0.15) is 13.2 Å². The van der Waals surface area contributed by atoms with E-state index in [0.29, 0.717) is 0 Å². The lowest BCUT2D eigenvalue weighted by molar-refractivity contribution is -0.137. The quantitative estimate of drug-likeness (QED) is 0.324. The van der Waals surface area contributed by atoms with Gasteiger partial charge in [0.1, 0.15) is 11.9 Å². The van der Waals surface area contributed by atoms with Gasteiger partial charge in [-0.1, -0.05) is 26.2 Å². The van der Waals surface area contributed by atoms with Crippen molar-refractivity contribution in [3.8, 4) is 5.75 Å². The molecular formula is C31H40F3N5O5. The first-order valence-electron chi connectivity index (χ1n) is 14.8. The Morgan fingerprint density at radius 3 is 2.34 bits per heavy atom. The number of hydrogen-bond donors (Lipinski definition) is 4. The molecule has 0 aromatic heterocycles. The van der Waals surface area contributed by atoms with Gasteiger partial charge in [0.15, 0.2) is 0 Å². The third-order valence-electron chi connectivity index (χ3n) is 8.13. The number of halogens is 3. The molecule has 4 rings (SSSR count). The van der Waals surface area contributed by atoms with Crippen molar-refractivity contribution >= 4 is 29.3 Å². The van der Waals surface area contributed by atoms with Crippen molar-refractivity contribution in [3.63, 3.8) is 0 Å². The molecule has 2 aliphatic rings. The molecule has 2 aromatic rings. The zero-order valence-corrected chi connectivity index (χ0v) is 25.1. The Bertz CT molecular complexity index is 1320. The van der Waals surface area contributed by atoms with Crippen LogP contribution in [0.25, 0.3) is 0 Å². The van der Waals surface area contributed by atoms with Crippen LogP contribution in [0.3, 0.4) is 0 Å². The molecule has 3 atom stereocenters. The zero-order valence-electron chi connectivity index (χ0n) is 25.1. The van der Waals surface area contributed by atoms with Crippen molar-refractivity contribution in [1.82, 2.24) is 15.1 Å². The first kappa shape index (κ1) is 32.9. The van der Waals surface area contributed by atoms with Crippen LogP contribution in [-0.2, 0) is 6.18 Å².